The quantitative estimate of drug-likeness (QED) is 0.652. The smallest absolute Gasteiger partial charge is 0.128 e. The topological polar surface area (TPSA) is 44.9 Å². The Labute approximate surface area is 167 Å². The predicted molar refractivity (Wildman–Crippen MR) is 105 cm³/mol. The van der Waals surface area contributed by atoms with Gasteiger partial charge in [-0.05, 0) is 48.7 Å². The molecule has 1 atom stereocenters. The fourth-order valence-corrected chi connectivity index (χ4v) is 4.73. The molecule has 0 saturated carbocycles. The number of rotatable bonds is 2. The van der Waals surface area contributed by atoms with Gasteiger partial charge in [-0.3, -0.25) is 4.90 Å². The molecule has 0 N–H and O–H groups in total. The summed E-state index contributed by atoms with van der Waals surface area (Å²) in [5.74, 6) is -0.215. The Bertz CT molecular complexity index is 1140. The van der Waals surface area contributed by atoms with Gasteiger partial charge in [0.2, 0.25) is 0 Å². The summed E-state index contributed by atoms with van der Waals surface area (Å²) in [6.45, 7) is 3.24. The van der Waals surface area contributed by atoms with Crippen molar-refractivity contribution in [1.82, 2.24) is 14.7 Å². The molecule has 28 heavy (non-hydrogen) atoms. The van der Waals surface area contributed by atoms with Crippen LogP contribution >= 0.6 is 11.6 Å². The number of fused-ring (bicyclic) bond motifs is 2. The molecular formula is C22H18ClFN4. The minimum atomic E-state index is -0.215. The van der Waals surface area contributed by atoms with Crippen LogP contribution in [0.1, 0.15) is 33.6 Å². The van der Waals surface area contributed by atoms with Gasteiger partial charge in [0.15, 0.2) is 0 Å². The maximum atomic E-state index is 14.2. The van der Waals surface area contributed by atoms with Crippen LogP contribution in [0.25, 0.3) is 5.69 Å². The Morgan fingerprint density at radius 1 is 1.11 bits per heavy atom. The molecule has 2 aliphatic rings. The van der Waals surface area contributed by atoms with Crippen molar-refractivity contribution in [3.63, 3.8) is 0 Å². The first-order chi connectivity index (χ1) is 13.6. The number of nitrogens with zero attached hydrogens (tertiary/aromatic N) is 4. The van der Waals surface area contributed by atoms with Crippen LogP contribution in [0.5, 0.6) is 0 Å². The van der Waals surface area contributed by atoms with E-state index in [1.165, 1.54) is 11.6 Å². The molecule has 0 spiro atoms. The Hall–Kier alpha value is -2.68. The van der Waals surface area contributed by atoms with Gasteiger partial charge in [0.05, 0.1) is 28.0 Å². The highest BCUT2D eigenvalue weighted by Crippen LogP contribution is 2.36. The normalized spacial score (nSPS) is 18.1. The van der Waals surface area contributed by atoms with E-state index in [4.69, 9.17) is 16.7 Å². The van der Waals surface area contributed by atoms with Crippen LogP contribution in [-0.4, -0.2) is 20.7 Å². The van der Waals surface area contributed by atoms with Crippen molar-refractivity contribution in [3.05, 3.63) is 80.9 Å². The fourth-order valence-electron chi connectivity index (χ4n) is 4.51. The van der Waals surface area contributed by atoms with Crippen molar-refractivity contribution < 1.29 is 4.39 Å². The van der Waals surface area contributed by atoms with Crippen LogP contribution in [0.4, 0.5) is 4.39 Å². The standard InChI is InChI=1S/C22H18ClFN4/c1-13-16-8-15(9-21(16)26-28(13)22-5-3-2-4-19(22)23)27-11-17-14(10-25)6-7-20(24)18(17)12-27/h2-7,15H,8-9,11-12H2,1H3. The van der Waals surface area contributed by atoms with E-state index in [0.29, 0.717) is 29.2 Å². The van der Waals surface area contributed by atoms with Crippen molar-refractivity contribution >= 4 is 11.6 Å². The Morgan fingerprint density at radius 3 is 2.64 bits per heavy atom. The molecule has 1 aliphatic heterocycles. The zero-order valence-corrected chi connectivity index (χ0v) is 16.2. The molecule has 0 saturated heterocycles. The van der Waals surface area contributed by atoms with Crippen LogP contribution in [0, 0.1) is 24.1 Å². The summed E-state index contributed by atoms with van der Waals surface area (Å²) in [5, 5.41) is 14.8. The lowest BCUT2D eigenvalue weighted by Crippen LogP contribution is -2.31. The van der Waals surface area contributed by atoms with E-state index in [9.17, 15) is 9.65 Å². The summed E-state index contributed by atoms with van der Waals surface area (Å²) in [4.78, 5) is 2.27. The third-order valence-corrected chi connectivity index (χ3v) is 6.33. The van der Waals surface area contributed by atoms with Crippen LogP contribution in [0.2, 0.25) is 5.02 Å². The summed E-state index contributed by atoms with van der Waals surface area (Å²) in [6.07, 6.45) is 1.70. The van der Waals surface area contributed by atoms with Crippen LogP contribution in [0.3, 0.4) is 0 Å². The lowest BCUT2D eigenvalue weighted by Gasteiger charge is -2.23. The average molecular weight is 393 g/mol. The first kappa shape index (κ1) is 17.4. The largest absolute Gasteiger partial charge is 0.291 e. The number of hydrogen-bond acceptors (Lipinski definition) is 3. The molecule has 4 nitrogen and oxygen atoms in total. The van der Waals surface area contributed by atoms with Gasteiger partial charge >= 0.3 is 0 Å². The maximum Gasteiger partial charge on any atom is 0.128 e. The summed E-state index contributed by atoms with van der Waals surface area (Å²) in [6, 6.07) is 13.2. The van der Waals surface area contributed by atoms with Crippen LogP contribution in [-0.2, 0) is 25.9 Å². The molecule has 2 aromatic carbocycles. The summed E-state index contributed by atoms with van der Waals surface area (Å²) >= 11 is 6.35. The number of nitriles is 1. The second-order valence-electron chi connectivity index (χ2n) is 7.50. The molecule has 5 rings (SSSR count). The average Bonchev–Trinajstić information content (AvgIpc) is 3.37. The number of halogens is 2. The molecule has 0 amide bonds. The van der Waals surface area contributed by atoms with Gasteiger partial charge in [-0.1, -0.05) is 23.7 Å². The van der Waals surface area contributed by atoms with Gasteiger partial charge in [0.1, 0.15) is 5.82 Å². The zero-order valence-electron chi connectivity index (χ0n) is 15.4. The van der Waals surface area contributed by atoms with Gasteiger partial charge in [-0.2, -0.15) is 10.4 Å². The molecule has 1 aromatic heterocycles. The second-order valence-corrected chi connectivity index (χ2v) is 7.91. The summed E-state index contributed by atoms with van der Waals surface area (Å²) < 4.78 is 16.2. The Kier molecular flexibility index (Phi) is 4.01. The van der Waals surface area contributed by atoms with Gasteiger partial charge in [0.25, 0.3) is 0 Å². The van der Waals surface area contributed by atoms with Gasteiger partial charge < -0.3 is 0 Å². The molecule has 0 fully saturated rings. The molecule has 1 unspecified atom stereocenters. The van der Waals surface area contributed by atoms with Crippen molar-refractivity contribution in [2.45, 2.75) is 38.9 Å². The molecule has 1 aliphatic carbocycles. The van der Waals surface area contributed by atoms with E-state index in [2.05, 4.69) is 17.9 Å². The summed E-state index contributed by atoms with van der Waals surface area (Å²) in [5.41, 5.74) is 6.41. The molecule has 140 valence electrons. The Morgan fingerprint density at radius 2 is 1.89 bits per heavy atom. The van der Waals surface area contributed by atoms with E-state index in [-0.39, 0.29) is 11.9 Å². The molecular weight excluding hydrogens is 375 g/mol. The van der Waals surface area contributed by atoms with E-state index in [0.717, 1.165) is 35.5 Å². The minimum Gasteiger partial charge on any atom is -0.291 e. The van der Waals surface area contributed by atoms with Crippen molar-refractivity contribution in [3.8, 4) is 11.8 Å². The zero-order chi connectivity index (χ0) is 19.4. The maximum absolute atomic E-state index is 14.2. The van der Waals surface area contributed by atoms with Crippen molar-refractivity contribution in [1.29, 1.82) is 5.26 Å². The number of aromatic nitrogens is 2. The SMILES string of the molecule is Cc1c2c(nn1-c1ccccc1Cl)CC(N1Cc3c(F)ccc(C#N)c3C1)C2. The summed E-state index contributed by atoms with van der Waals surface area (Å²) in [7, 11) is 0. The van der Waals surface area contributed by atoms with E-state index < -0.39 is 0 Å². The second kappa shape index (κ2) is 6.44. The lowest BCUT2D eigenvalue weighted by molar-refractivity contribution is 0.202. The predicted octanol–water partition coefficient (Wildman–Crippen LogP) is 4.33. The first-order valence-electron chi connectivity index (χ1n) is 9.33. The van der Waals surface area contributed by atoms with Crippen molar-refractivity contribution in [2.24, 2.45) is 0 Å². The molecule has 2 heterocycles. The highest BCUT2D eigenvalue weighted by Gasteiger charge is 2.36. The van der Waals surface area contributed by atoms with Crippen LogP contribution < -0.4 is 0 Å². The van der Waals surface area contributed by atoms with Gasteiger partial charge in [-0.25, -0.2) is 9.07 Å². The van der Waals surface area contributed by atoms with E-state index in [1.807, 2.05) is 28.9 Å². The van der Waals surface area contributed by atoms with Crippen LogP contribution in [0.15, 0.2) is 36.4 Å². The lowest BCUT2D eigenvalue weighted by atomic mass is 10.0. The first-order valence-corrected chi connectivity index (χ1v) is 9.71. The fraction of sp³-hybridized carbons (Fsp3) is 0.273. The number of para-hydroxylation sites is 1. The molecule has 3 aromatic rings. The van der Waals surface area contributed by atoms with E-state index >= 15 is 0 Å². The minimum absolute atomic E-state index is 0.215. The third kappa shape index (κ3) is 2.56. The van der Waals surface area contributed by atoms with Gasteiger partial charge in [0, 0.05) is 36.8 Å². The van der Waals surface area contributed by atoms with E-state index in [1.54, 1.807) is 6.07 Å². The monoisotopic (exact) mass is 392 g/mol. The molecule has 6 heteroatoms. The van der Waals surface area contributed by atoms with Gasteiger partial charge in [-0.15, -0.1) is 0 Å². The van der Waals surface area contributed by atoms with Crippen molar-refractivity contribution in [2.75, 3.05) is 0 Å². The Balaban J connectivity index is 1.41. The number of benzene rings is 2. The molecule has 0 bridgehead atoms. The molecule has 0 radical (unpaired) electrons. The number of hydrogen-bond donors (Lipinski definition) is 0. The third-order valence-electron chi connectivity index (χ3n) is 6.01. The highest BCUT2D eigenvalue weighted by molar-refractivity contribution is 6.32. The highest BCUT2D eigenvalue weighted by atomic mass is 35.5.